The third kappa shape index (κ3) is 5.03. The Hall–Kier alpha value is -3.39. The van der Waals surface area contributed by atoms with Gasteiger partial charge in [-0.1, -0.05) is 55.5 Å². The zero-order chi connectivity index (χ0) is 25.0. The zero-order valence-corrected chi connectivity index (χ0v) is 20.2. The SMILES string of the molecule is CCC(CC(=O)N1CCCC(OC)(C(=O)O)C1)NC(=O)OCC1c2ccccc2-c2ccccc21. The van der Waals surface area contributed by atoms with Crippen LogP contribution in [0.2, 0.25) is 0 Å². The molecule has 0 spiro atoms. The Balaban J connectivity index is 1.34. The minimum Gasteiger partial charge on any atom is -0.479 e. The molecule has 8 heteroatoms. The van der Waals surface area contributed by atoms with Crippen molar-refractivity contribution in [2.75, 3.05) is 26.8 Å². The maximum Gasteiger partial charge on any atom is 0.407 e. The fraction of sp³-hybridized carbons (Fsp3) is 0.444. The number of nitrogens with zero attached hydrogens (tertiary/aromatic N) is 1. The number of rotatable bonds is 8. The molecule has 1 heterocycles. The Bertz CT molecular complexity index is 1060. The first-order chi connectivity index (χ1) is 16.9. The Labute approximate surface area is 205 Å². The van der Waals surface area contributed by atoms with E-state index >= 15 is 0 Å². The van der Waals surface area contributed by atoms with Crippen molar-refractivity contribution in [3.05, 3.63) is 59.7 Å². The molecule has 2 amide bonds. The second kappa shape index (κ2) is 10.5. The van der Waals surface area contributed by atoms with Crippen LogP contribution in [-0.4, -0.2) is 66.4 Å². The van der Waals surface area contributed by atoms with Crippen LogP contribution in [0.5, 0.6) is 0 Å². The summed E-state index contributed by atoms with van der Waals surface area (Å²) in [7, 11) is 1.36. The van der Waals surface area contributed by atoms with Crippen LogP contribution < -0.4 is 5.32 Å². The molecule has 1 aliphatic heterocycles. The number of ether oxygens (including phenoxy) is 2. The minimum atomic E-state index is -1.38. The Morgan fingerprint density at radius 3 is 2.31 bits per heavy atom. The van der Waals surface area contributed by atoms with E-state index in [2.05, 4.69) is 29.6 Å². The highest BCUT2D eigenvalue weighted by atomic mass is 16.5. The van der Waals surface area contributed by atoms with Gasteiger partial charge in [0, 0.05) is 32.0 Å². The normalized spacial score (nSPS) is 20.0. The van der Waals surface area contributed by atoms with Crippen LogP contribution in [0.4, 0.5) is 4.79 Å². The van der Waals surface area contributed by atoms with Gasteiger partial charge < -0.3 is 24.8 Å². The highest BCUT2D eigenvalue weighted by Gasteiger charge is 2.44. The second-order valence-electron chi connectivity index (χ2n) is 9.20. The van der Waals surface area contributed by atoms with E-state index in [9.17, 15) is 19.5 Å². The highest BCUT2D eigenvalue weighted by molar-refractivity contribution is 5.82. The number of nitrogens with one attached hydrogen (secondary N) is 1. The summed E-state index contributed by atoms with van der Waals surface area (Å²) in [6.45, 7) is 2.55. The summed E-state index contributed by atoms with van der Waals surface area (Å²) in [5.41, 5.74) is 3.20. The summed E-state index contributed by atoms with van der Waals surface area (Å²) >= 11 is 0. The minimum absolute atomic E-state index is 0.000947. The fourth-order valence-electron chi connectivity index (χ4n) is 5.11. The molecular weight excluding hydrogens is 448 g/mol. The van der Waals surface area contributed by atoms with E-state index in [4.69, 9.17) is 9.47 Å². The summed E-state index contributed by atoms with van der Waals surface area (Å²) in [6, 6.07) is 15.8. The number of carboxylic acid groups (broad SMARTS) is 1. The Kier molecular flexibility index (Phi) is 7.40. The monoisotopic (exact) mass is 480 g/mol. The summed E-state index contributed by atoms with van der Waals surface area (Å²) in [6.07, 6.45) is 0.945. The van der Waals surface area contributed by atoms with Crippen molar-refractivity contribution >= 4 is 18.0 Å². The summed E-state index contributed by atoms with van der Waals surface area (Å²) in [5.74, 6) is -1.32. The van der Waals surface area contributed by atoms with Crippen LogP contribution >= 0.6 is 0 Å². The number of hydrogen-bond acceptors (Lipinski definition) is 5. The maximum atomic E-state index is 12.9. The van der Waals surface area contributed by atoms with Crippen LogP contribution in [0.3, 0.4) is 0 Å². The molecule has 0 radical (unpaired) electrons. The number of piperidine rings is 1. The standard InChI is InChI=1S/C27H32N2O6/c1-3-18(15-24(30)29-14-8-13-27(17-29,34-2)25(31)32)28-26(33)35-16-23-21-11-6-4-9-19(21)20-10-5-7-12-22(20)23/h4-7,9-12,18,23H,3,8,13-17H2,1-2H3,(H,28,33)(H,31,32). The molecule has 1 saturated heterocycles. The van der Waals surface area contributed by atoms with Gasteiger partial charge in [0.2, 0.25) is 5.91 Å². The molecule has 35 heavy (non-hydrogen) atoms. The number of fused-ring (bicyclic) bond motifs is 3. The molecule has 1 aliphatic carbocycles. The second-order valence-corrected chi connectivity index (χ2v) is 9.20. The number of carboxylic acids is 1. The first-order valence-corrected chi connectivity index (χ1v) is 12.1. The van der Waals surface area contributed by atoms with Crippen molar-refractivity contribution < 1.29 is 29.0 Å². The number of amides is 2. The van der Waals surface area contributed by atoms with Crippen molar-refractivity contribution in [3.63, 3.8) is 0 Å². The van der Waals surface area contributed by atoms with Crippen LogP contribution in [0.1, 0.15) is 49.7 Å². The van der Waals surface area contributed by atoms with Gasteiger partial charge in [-0.3, -0.25) is 4.79 Å². The first-order valence-electron chi connectivity index (χ1n) is 12.1. The van der Waals surface area contributed by atoms with E-state index in [1.165, 1.54) is 12.0 Å². The first kappa shape index (κ1) is 24.7. The largest absolute Gasteiger partial charge is 0.479 e. The number of alkyl carbamates (subject to hydrolysis) is 1. The quantitative estimate of drug-likeness (QED) is 0.596. The molecule has 8 nitrogen and oxygen atoms in total. The lowest BCUT2D eigenvalue weighted by Crippen LogP contribution is -2.56. The fourth-order valence-corrected chi connectivity index (χ4v) is 5.11. The average Bonchev–Trinajstić information content (AvgIpc) is 3.20. The van der Waals surface area contributed by atoms with Gasteiger partial charge >= 0.3 is 12.1 Å². The van der Waals surface area contributed by atoms with E-state index in [0.717, 1.165) is 22.3 Å². The third-order valence-electron chi connectivity index (χ3n) is 7.17. The van der Waals surface area contributed by atoms with Crippen LogP contribution in [0.25, 0.3) is 11.1 Å². The van der Waals surface area contributed by atoms with Gasteiger partial charge in [0.1, 0.15) is 6.61 Å². The molecule has 4 rings (SSSR count). The molecule has 2 N–H and O–H groups in total. The summed E-state index contributed by atoms with van der Waals surface area (Å²) in [5, 5.41) is 12.4. The van der Waals surface area contributed by atoms with E-state index < -0.39 is 23.7 Å². The molecule has 1 fully saturated rings. The van der Waals surface area contributed by atoms with Crippen molar-refractivity contribution in [1.82, 2.24) is 10.2 Å². The van der Waals surface area contributed by atoms with E-state index in [1.54, 1.807) is 0 Å². The number of hydrogen-bond donors (Lipinski definition) is 2. The smallest absolute Gasteiger partial charge is 0.407 e. The van der Waals surface area contributed by atoms with Gasteiger partial charge in [0.25, 0.3) is 0 Å². The molecule has 0 bridgehead atoms. The average molecular weight is 481 g/mol. The number of carbonyl (C=O) groups excluding carboxylic acids is 2. The van der Waals surface area contributed by atoms with E-state index in [1.807, 2.05) is 31.2 Å². The van der Waals surface area contributed by atoms with Gasteiger partial charge in [-0.2, -0.15) is 0 Å². The predicted molar refractivity (Wildman–Crippen MR) is 130 cm³/mol. The molecule has 2 unspecified atom stereocenters. The molecule has 2 aromatic carbocycles. The molecule has 2 aromatic rings. The lowest BCUT2D eigenvalue weighted by atomic mass is 9.92. The van der Waals surface area contributed by atoms with Crippen molar-refractivity contribution in [3.8, 4) is 11.1 Å². The molecular formula is C27H32N2O6. The number of carbonyl (C=O) groups is 3. The molecule has 0 saturated carbocycles. The third-order valence-corrected chi connectivity index (χ3v) is 7.17. The van der Waals surface area contributed by atoms with Crippen molar-refractivity contribution in [2.45, 2.75) is 50.2 Å². The number of methoxy groups -OCH3 is 1. The van der Waals surface area contributed by atoms with Gasteiger partial charge in [-0.25, -0.2) is 9.59 Å². The Morgan fingerprint density at radius 2 is 1.74 bits per heavy atom. The molecule has 2 atom stereocenters. The predicted octanol–water partition coefficient (Wildman–Crippen LogP) is 3.79. The summed E-state index contributed by atoms with van der Waals surface area (Å²) < 4.78 is 10.9. The number of likely N-dealkylation sites (tertiary alicyclic amines) is 1. The molecule has 0 aromatic heterocycles. The summed E-state index contributed by atoms with van der Waals surface area (Å²) in [4.78, 5) is 38.8. The lowest BCUT2D eigenvalue weighted by Gasteiger charge is -2.39. The maximum absolute atomic E-state index is 12.9. The van der Waals surface area contributed by atoms with Crippen LogP contribution in [-0.2, 0) is 19.1 Å². The van der Waals surface area contributed by atoms with Crippen molar-refractivity contribution in [2.24, 2.45) is 0 Å². The van der Waals surface area contributed by atoms with Gasteiger partial charge in [0.15, 0.2) is 5.60 Å². The zero-order valence-electron chi connectivity index (χ0n) is 20.2. The van der Waals surface area contributed by atoms with Crippen LogP contribution in [0, 0.1) is 0 Å². The van der Waals surface area contributed by atoms with Gasteiger partial charge in [-0.15, -0.1) is 0 Å². The van der Waals surface area contributed by atoms with Gasteiger partial charge in [-0.05, 0) is 41.5 Å². The van der Waals surface area contributed by atoms with Gasteiger partial charge in [0.05, 0.1) is 6.54 Å². The van der Waals surface area contributed by atoms with Crippen LogP contribution in [0.15, 0.2) is 48.5 Å². The van der Waals surface area contributed by atoms with E-state index in [-0.39, 0.29) is 31.4 Å². The molecule has 2 aliphatic rings. The Morgan fingerprint density at radius 1 is 1.11 bits per heavy atom. The van der Waals surface area contributed by atoms with Crippen molar-refractivity contribution in [1.29, 1.82) is 0 Å². The van der Waals surface area contributed by atoms with E-state index in [0.29, 0.717) is 25.8 Å². The number of benzene rings is 2. The topological polar surface area (TPSA) is 105 Å². The lowest BCUT2D eigenvalue weighted by molar-refractivity contribution is -0.171. The molecule has 186 valence electrons. The number of aliphatic carboxylic acids is 1. The highest BCUT2D eigenvalue weighted by Crippen LogP contribution is 2.44.